The largest absolute Gasteiger partial charge is 0.416 e. The van der Waals surface area contributed by atoms with Gasteiger partial charge in [0.25, 0.3) is 10.0 Å². The van der Waals surface area contributed by atoms with E-state index in [1.54, 1.807) is 45.9 Å². The van der Waals surface area contributed by atoms with E-state index in [1.807, 2.05) is 0 Å². The first-order valence-electron chi connectivity index (χ1n) is 13.2. The zero-order valence-corrected chi connectivity index (χ0v) is 26.3. The van der Waals surface area contributed by atoms with Gasteiger partial charge in [-0.3, -0.25) is 13.9 Å². The van der Waals surface area contributed by atoms with Gasteiger partial charge in [0.2, 0.25) is 11.8 Å². The Morgan fingerprint density at radius 3 is 2.14 bits per heavy atom. The lowest BCUT2D eigenvalue weighted by atomic mass is 10.1. The summed E-state index contributed by atoms with van der Waals surface area (Å²) in [6, 6.07) is 14.3. The van der Waals surface area contributed by atoms with E-state index in [4.69, 9.17) is 23.2 Å². The fraction of sp³-hybridized carbons (Fsp3) is 0.333. The van der Waals surface area contributed by atoms with Crippen molar-refractivity contribution in [3.8, 4) is 0 Å². The molecule has 0 heterocycles. The Morgan fingerprint density at radius 2 is 1.58 bits per heavy atom. The van der Waals surface area contributed by atoms with Gasteiger partial charge < -0.3 is 10.2 Å². The molecule has 0 aliphatic rings. The van der Waals surface area contributed by atoms with E-state index >= 15 is 0 Å². The molecule has 0 bridgehead atoms. The maximum absolute atomic E-state index is 14.1. The van der Waals surface area contributed by atoms with Crippen LogP contribution in [0.1, 0.15) is 45.2 Å². The van der Waals surface area contributed by atoms with Crippen molar-refractivity contribution in [1.82, 2.24) is 10.2 Å². The Hall–Kier alpha value is -3.28. The van der Waals surface area contributed by atoms with Crippen LogP contribution >= 0.6 is 23.2 Å². The number of rotatable bonds is 10. The summed E-state index contributed by atoms with van der Waals surface area (Å²) in [6.07, 6.45) is -4.62. The lowest BCUT2D eigenvalue weighted by molar-refractivity contribution is -0.141. The number of alkyl halides is 3. The van der Waals surface area contributed by atoms with E-state index in [2.05, 4.69) is 5.32 Å². The van der Waals surface area contributed by atoms with E-state index in [-0.39, 0.29) is 28.6 Å². The van der Waals surface area contributed by atoms with Crippen LogP contribution in [0.4, 0.5) is 18.9 Å². The molecule has 0 spiro atoms. The van der Waals surface area contributed by atoms with Crippen molar-refractivity contribution in [3.63, 3.8) is 0 Å². The SMILES string of the molecule is CC[C@@H](C(=O)NC(C)(C)C)N(Cc1ccc(Cl)cc1Cl)C(=O)CN(c1cccc(C(F)(F)F)c1)S(=O)(=O)c1ccccc1. The maximum Gasteiger partial charge on any atom is 0.416 e. The first-order valence-corrected chi connectivity index (χ1v) is 15.4. The molecule has 0 saturated heterocycles. The van der Waals surface area contributed by atoms with Crippen molar-refractivity contribution in [2.24, 2.45) is 0 Å². The number of carbonyl (C=O) groups excluding carboxylic acids is 2. The topological polar surface area (TPSA) is 86.8 Å². The van der Waals surface area contributed by atoms with E-state index in [0.717, 1.165) is 12.1 Å². The molecule has 232 valence electrons. The molecule has 0 unspecified atom stereocenters. The summed E-state index contributed by atoms with van der Waals surface area (Å²) in [6.45, 7) is 5.88. The van der Waals surface area contributed by atoms with Gasteiger partial charge in [0.1, 0.15) is 12.6 Å². The van der Waals surface area contributed by atoms with Crippen LogP contribution in [0.3, 0.4) is 0 Å². The Balaban J connectivity index is 2.14. The number of anilines is 1. The monoisotopic (exact) mass is 657 g/mol. The molecule has 7 nitrogen and oxygen atoms in total. The number of carbonyl (C=O) groups is 2. The van der Waals surface area contributed by atoms with Crippen molar-refractivity contribution >= 4 is 50.7 Å². The minimum Gasteiger partial charge on any atom is -0.350 e. The van der Waals surface area contributed by atoms with Crippen LogP contribution in [-0.2, 0) is 32.3 Å². The average Bonchev–Trinajstić information content (AvgIpc) is 2.91. The average molecular weight is 659 g/mol. The van der Waals surface area contributed by atoms with Crippen LogP contribution in [0.2, 0.25) is 10.0 Å². The van der Waals surface area contributed by atoms with Crippen molar-refractivity contribution in [3.05, 3.63) is 94.0 Å². The van der Waals surface area contributed by atoms with Crippen LogP contribution in [0.5, 0.6) is 0 Å². The fourth-order valence-corrected chi connectivity index (χ4v) is 6.19. The van der Waals surface area contributed by atoms with Gasteiger partial charge in [-0.15, -0.1) is 0 Å². The summed E-state index contributed by atoms with van der Waals surface area (Å²) in [5.41, 5.74) is -1.69. The van der Waals surface area contributed by atoms with Crippen LogP contribution in [0.15, 0.2) is 77.7 Å². The Kier molecular flexibility index (Phi) is 10.8. The minimum atomic E-state index is -4.77. The first-order chi connectivity index (χ1) is 19.9. The molecule has 2 amide bonds. The summed E-state index contributed by atoms with van der Waals surface area (Å²) in [5, 5.41) is 3.39. The van der Waals surface area contributed by atoms with Crippen molar-refractivity contribution in [1.29, 1.82) is 0 Å². The molecule has 0 aliphatic heterocycles. The highest BCUT2D eigenvalue weighted by molar-refractivity contribution is 7.92. The number of hydrogen-bond donors (Lipinski definition) is 1. The molecule has 43 heavy (non-hydrogen) atoms. The third-order valence-electron chi connectivity index (χ3n) is 6.31. The third kappa shape index (κ3) is 8.87. The van der Waals surface area contributed by atoms with Crippen LogP contribution < -0.4 is 9.62 Å². The first kappa shape index (κ1) is 34.2. The van der Waals surface area contributed by atoms with Crippen molar-refractivity contribution in [2.45, 2.75) is 63.3 Å². The van der Waals surface area contributed by atoms with Crippen LogP contribution in [0.25, 0.3) is 0 Å². The molecule has 3 aromatic rings. The molecular weight excluding hydrogens is 626 g/mol. The molecule has 0 saturated carbocycles. The highest BCUT2D eigenvalue weighted by Crippen LogP contribution is 2.33. The Bertz CT molecular complexity index is 1560. The predicted molar refractivity (Wildman–Crippen MR) is 161 cm³/mol. The summed E-state index contributed by atoms with van der Waals surface area (Å²) in [4.78, 5) is 28.4. The summed E-state index contributed by atoms with van der Waals surface area (Å²) in [5.74, 6) is -1.33. The number of benzene rings is 3. The van der Waals surface area contributed by atoms with Gasteiger partial charge in [0.15, 0.2) is 0 Å². The molecule has 1 atom stereocenters. The van der Waals surface area contributed by atoms with Gasteiger partial charge in [-0.05, 0) is 75.2 Å². The van der Waals surface area contributed by atoms with Gasteiger partial charge in [-0.25, -0.2) is 8.42 Å². The van der Waals surface area contributed by atoms with Gasteiger partial charge >= 0.3 is 6.18 Å². The number of hydrogen-bond acceptors (Lipinski definition) is 4. The number of sulfonamides is 1. The number of halogens is 5. The zero-order chi connectivity index (χ0) is 32.2. The maximum atomic E-state index is 14.1. The van der Waals surface area contributed by atoms with E-state index < -0.39 is 51.7 Å². The second kappa shape index (κ2) is 13.6. The van der Waals surface area contributed by atoms with Crippen LogP contribution in [-0.4, -0.2) is 43.3 Å². The highest BCUT2D eigenvalue weighted by Gasteiger charge is 2.36. The van der Waals surface area contributed by atoms with E-state index in [9.17, 15) is 31.2 Å². The lowest BCUT2D eigenvalue weighted by Crippen LogP contribution is -2.55. The summed E-state index contributed by atoms with van der Waals surface area (Å²) >= 11 is 12.4. The third-order valence-corrected chi connectivity index (χ3v) is 8.69. The van der Waals surface area contributed by atoms with Gasteiger partial charge in [-0.1, -0.05) is 60.5 Å². The van der Waals surface area contributed by atoms with E-state index in [1.165, 1.54) is 41.3 Å². The smallest absolute Gasteiger partial charge is 0.350 e. The molecule has 13 heteroatoms. The Morgan fingerprint density at radius 1 is 0.930 bits per heavy atom. The molecule has 0 fully saturated rings. The molecule has 3 rings (SSSR count). The minimum absolute atomic E-state index is 0.147. The summed E-state index contributed by atoms with van der Waals surface area (Å²) < 4.78 is 69.1. The molecule has 3 aromatic carbocycles. The molecular formula is C30H32Cl2F3N3O4S. The summed E-state index contributed by atoms with van der Waals surface area (Å²) in [7, 11) is -4.54. The molecule has 0 aliphatic carbocycles. The lowest BCUT2D eigenvalue weighted by Gasteiger charge is -2.35. The quantitative estimate of drug-likeness (QED) is 0.256. The van der Waals surface area contributed by atoms with E-state index in [0.29, 0.717) is 21.0 Å². The number of nitrogens with one attached hydrogen (secondary N) is 1. The standard InChI is InChI=1S/C30H32Cl2F3N3O4S/c1-5-26(28(40)36-29(2,3)4)37(18-20-14-15-22(31)17-25(20)32)27(39)19-38(43(41,42)24-12-7-6-8-13-24)23-11-9-10-21(16-23)30(33,34)35/h6-17,26H,5,18-19H2,1-4H3,(H,36,40)/t26-/m0/s1. The van der Waals surface area contributed by atoms with Crippen molar-refractivity contribution in [2.75, 3.05) is 10.8 Å². The van der Waals surface area contributed by atoms with Crippen molar-refractivity contribution < 1.29 is 31.2 Å². The van der Waals surface area contributed by atoms with Gasteiger partial charge in [0, 0.05) is 22.1 Å². The second-order valence-corrected chi connectivity index (χ2v) is 13.5. The molecule has 0 radical (unpaired) electrons. The zero-order valence-electron chi connectivity index (χ0n) is 24.0. The number of amides is 2. The predicted octanol–water partition coefficient (Wildman–Crippen LogP) is 6.93. The number of nitrogens with zero attached hydrogens (tertiary/aromatic N) is 2. The van der Waals surface area contributed by atoms with Gasteiger partial charge in [-0.2, -0.15) is 13.2 Å². The van der Waals surface area contributed by atoms with Crippen LogP contribution in [0, 0.1) is 0 Å². The normalized spacial score (nSPS) is 12.9. The molecule has 0 aromatic heterocycles. The Labute approximate surface area is 259 Å². The van der Waals surface area contributed by atoms with Gasteiger partial charge in [0.05, 0.1) is 16.1 Å². The highest BCUT2D eigenvalue weighted by atomic mass is 35.5. The second-order valence-electron chi connectivity index (χ2n) is 10.8. The molecule has 1 N–H and O–H groups in total. The fourth-order valence-electron chi connectivity index (χ4n) is 4.29.